The number of hydrogen-bond donors (Lipinski definition) is 0. The molecule has 1 aliphatic rings. The number of ether oxygens (including phenoxy) is 1. The fourth-order valence-corrected chi connectivity index (χ4v) is 2.93. The SMILES string of the molecule is COc1cc([N+](=O)[O-])cc(Br)c1N1CCCCC1. The van der Waals surface area contributed by atoms with Crippen molar-refractivity contribution in [3.05, 3.63) is 26.7 Å². The molecule has 2 rings (SSSR count). The summed E-state index contributed by atoms with van der Waals surface area (Å²) >= 11 is 3.42. The Labute approximate surface area is 114 Å². The molecule has 0 aliphatic carbocycles. The van der Waals surface area contributed by atoms with Crippen LogP contribution in [0.3, 0.4) is 0 Å². The van der Waals surface area contributed by atoms with Crippen molar-refractivity contribution >= 4 is 27.3 Å². The Hall–Kier alpha value is -1.30. The summed E-state index contributed by atoms with van der Waals surface area (Å²) < 4.78 is 6.01. The summed E-state index contributed by atoms with van der Waals surface area (Å²) in [7, 11) is 1.54. The third-order valence-corrected chi connectivity index (χ3v) is 3.72. The number of non-ortho nitro benzene ring substituents is 1. The van der Waals surface area contributed by atoms with Gasteiger partial charge in [-0.15, -0.1) is 0 Å². The predicted molar refractivity (Wildman–Crippen MR) is 73.4 cm³/mol. The third-order valence-electron chi connectivity index (χ3n) is 3.12. The quantitative estimate of drug-likeness (QED) is 0.634. The first-order valence-corrected chi connectivity index (χ1v) is 6.69. The number of nitro benzene ring substituents is 1. The lowest BCUT2D eigenvalue weighted by molar-refractivity contribution is -0.385. The molecule has 1 fully saturated rings. The Morgan fingerprint density at radius 2 is 2.00 bits per heavy atom. The number of rotatable bonds is 3. The Bertz CT molecular complexity index is 459. The first-order valence-electron chi connectivity index (χ1n) is 5.90. The molecule has 0 saturated carbocycles. The Balaban J connectivity index is 2.42. The highest BCUT2D eigenvalue weighted by Crippen LogP contribution is 2.40. The number of halogens is 1. The number of nitro groups is 1. The normalized spacial score (nSPS) is 15.6. The van der Waals surface area contributed by atoms with Crippen LogP contribution in [-0.2, 0) is 0 Å². The fourth-order valence-electron chi connectivity index (χ4n) is 2.25. The minimum absolute atomic E-state index is 0.0412. The first kappa shape index (κ1) is 13.1. The highest BCUT2D eigenvalue weighted by molar-refractivity contribution is 9.10. The van der Waals surface area contributed by atoms with Crippen LogP contribution in [0.15, 0.2) is 16.6 Å². The highest BCUT2D eigenvalue weighted by atomic mass is 79.9. The molecule has 6 heteroatoms. The summed E-state index contributed by atoms with van der Waals surface area (Å²) in [6, 6.07) is 3.02. The largest absolute Gasteiger partial charge is 0.494 e. The van der Waals surface area contributed by atoms with Gasteiger partial charge < -0.3 is 9.64 Å². The van der Waals surface area contributed by atoms with Gasteiger partial charge in [-0.1, -0.05) is 0 Å². The highest BCUT2D eigenvalue weighted by Gasteiger charge is 2.21. The van der Waals surface area contributed by atoms with Gasteiger partial charge >= 0.3 is 0 Å². The number of nitrogens with zero attached hydrogens (tertiary/aromatic N) is 2. The van der Waals surface area contributed by atoms with E-state index in [1.54, 1.807) is 7.11 Å². The molecule has 1 heterocycles. The van der Waals surface area contributed by atoms with Crippen LogP contribution in [0.2, 0.25) is 0 Å². The summed E-state index contributed by atoms with van der Waals surface area (Å²) in [4.78, 5) is 12.6. The van der Waals surface area contributed by atoms with Crippen molar-refractivity contribution in [2.24, 2.45) is 0 Å². The molecule has 1 saturated heterocycles. The number of anilines is 1. The molecule has 98 valence electrons. The van der Waals surface area contributed by atoms with Crippen molar-refractivity contribution in [1.29, 1.82) is 0 Å². The molecule has 0 N–H and O–H groups in total. The Kier molecular flexibility index (Phi) is 4.06. The van der Waals surface area contributed by atoms with E-state index in [2.05, 4.69) is 20.8 Å². The van der Waals surface area contributed by atoms with E-state index in [9.17, 15) is 10.1 Å². The van der Waals surface area contributed by atoms with Gasteiger partial charge in [-0.3, -0.25) is 10.1 Å². The number of hydrogen-bond acceptors (Lipinski definition) is 4. The van der Waals surface area contributed by atoms with Crippen molar-refractivity contribution in [2.45, 2.75) is 19.3 Å². The van der Waals surface area contributed by atoms with Crippen LogP contribution >= 0.6 is 15.9 Å². The molecule has 0 spiro atoms. The molecule has 0 atom stereocenters. The van der Waals surface area contributed by atoms with E-state index in [4.69, 9.17) is 4.74 Å². The lowest BCUT2D eigenvalue weighted by atomic mass is 10.1. The van der Waals surface area contributed by atoms with Crippen LogP contribution in [-0.4, -0.2) is 25.1 Å². The van der Waals surface area contributed by atoms with E-state index in [1.807, 2.05) is 0 Å². The van der Waals surface area contributed by atoms with Crippen molar-refractivity contribution < 1.29 is 9.66 Å². The molecule has 0 unspecified atom stereocenters. The van der Waals surface area contributed by atoms with Gasteiger partial charge in [-0.05, 0) is 35.2 Å². The number of piperidine rings is 1. The van der Waals surface area contributed by atoms with Crippen molar-refractivity contribution in [3.8, 4) is 5.75 Å². The van der Waals surface area contributed by atoms with Crippen LogP contribution in [0.4, 0.5) is 11.4 Å². The van der Waals surface area contributed by atoms with Crippen molar-refractivity contribution in [1.82, 2.24) is 0 Å². The molecule has 1 aliphatic heterocycles. The molecule has 0 aromatic heterocycles. The summed E-state index contributed by atoms with van der Waals surface area (Å²) in [5.74, 6) is 0.554. The van der Waals surface area contributed by atoms with Gasteiger partial charge in [-0.25, -0.2) is 0 Å². The van der Waals surface area contributed by atoms with Gasteiger partial charge in [0.05, 0.1) is 28.3 Å². The molecule has 0 amide bonds. The van der Waals surface area contributed by atoms with E-state index in [0.717, 1.165) is 36.1 Å². The molecule has 5 nitrogen and oxygen atoms in total. The monoisotopic (exact) mass is 314 g/mol. The van der Waals surface area contributed by atoms with Crippen LogP contribution < -0.4 is 9.64 Å². The molecule has 1 aromatic rings. The summed E-state index contributed by atoms with van der Waals surface area (Å²) in [5, 5.41) is 10.8. The third kappa shape index (κ3) is 2.58. The zero-order chi connectivity index (χ0) is 13.1. The summed E-state index contributed by atoms with van der Waals surface area (Å²) in [6.45, 7) is 1.93. The average molecular weight is 315 g/mol. The lowest BCUT2D eigenvalue weighted by Crippen LogP contribution is -2.30. The first-order chi connectivity index (χ1) is 8.63. The number of benzene rings is 1. The Morgan fingerprint density at radius 1 is 1.33 bits per heavy atom. The number of methoxy groups -OCH3 is 1. The summed E-state index contributed by atoms with van der Waals surface area (Å²) in [6.07, 6.45) is 3.53. The minimum Gasteiger partial charge on any atom is -0.494 e. The topological polar surface area (TPSA) is 55.6 Å². The summed E-state index contributed by atoms with van der Waals surface area (Å²) in [5.41, 5.74) is 0.960. The standard InChI is InChI=1S/C12H15BrN2O3/c1-18-11-8-9(15(16)17)7-10(13)12(11)14-5-3-2-4-6-14/h7-8H,2-6H2,1H3. The Morgan fingerprint density at radius 3 is 2.56 bits per heavy atom. The molecule has 0 radical (unpaired) electrons. The molecular formula is C12H15BrN2O3. The predicted octanol–water partition coefficient (Wildman–Crippen LogP) is 3.36. The van der Waals surface area contributed by atoms with Gasteiger partial charge in [0.1, 0.15) is 5.75 Å². The van der Waals surface area contributed by atoms with E-state index in [0.29, 0.717) is 5.75 Å². The van der Waals surface area contributed by atoms with Crippen molar-refractivity contribution in [2.75, 3.05) is 25.1 Å². The maximum absolute atomic E-state index is 10.8. The van der Waals surface area contributed by atoms with E-state index < -0.39 is 4.92 Å². The van der Waals surface area contributed by atoms with E-state index in [-0.39, 0.29) is 5.69 Å². The molecule has 18 heavy (non-hydrogen) atoms. The average Bonchev–Trinajstić information content (AvgIpc) is 2.38. The minimum atomic E-state index is -0.409. The van der Waals surface area contributed by atoms with E-state index >= 15 is 0 Å². The van der Waals surface area contributed by atoms with Crippen molar-refractivity contribution in [3.63, 3.8) is 0 Å². The van der Waals surface area contributed by atoms with E-state index in [1.165, 1.54) is 18.6 Å². The lowest BCUT2D eigenvalue weighted by Gasteiger charge is -2.30. The second kappa shape index (κ2) is 5.56. The van der Waals surface area contributed by atoms with Gasteiger partial charge in [0, 0.05) is 19.2 Å². The van der Waals surface area contributed by atoms with Crippen LogP contribution in [0.5, 0.6) is 5.75 Å². The second-order valence-corrected chi connectivity index (χ2v) is 5.14. The van der Waals surface area contributed by atoms with Crippen LogP contribution in [0.25, 0.3) is 0 Å². The maximum atomic E-state index is 10.8. The van der Waals surface area contributed by atoms with Crippen LogP contribution in [0, 0.1) is 10.1 Å². The zero-order valence-corrected chi connectivity index (χ0v) is 11.8. The van der Waals surface area contributed by atoms with Gasteiger partial charge in [0.2, 0.25) is 0 Å². The smallest absolute Gasteiger partial charge is 0.274 e. The van der Waals surface area contributed by atoms with Gasteiger partial charge in [-0.2, -0.15) is 0 Å². The van der Waals surface area contributed by atoms with Crippen LogP contribution in [0.1, 0.15) is 19.3 Å². The fraction of sp³-hybridized carbons (Fsp3) is 0.500. The molecule has 1 aromatic carbocycles. The molecule has 0 bridgehead atoms. The molecular weight excluding hydrogens is 300 g/mol. The van der Waals surface area contributed by atoms with Gasteiger partial charge in [0.25, 0.3) is 5.69 Å². The second-order valence-electron chi connectivity index (χ2n) is 4.28. The maximum Gasteiger partial charge on any atom is 0.274 e. The van der Waals surface area contributed by atoms with Gasteiger partial charge in [0.15, 0.2) is 0 Å². The zero-order valence-electron chi connectivity index (χ0n) is 10.2.